The Morgan fingerprint density at radius 1 is 1.38 bits per heavy atom. The van der Waals surface area contributed by atoms with Crippen LogP contribution in [0.2, 0.25) is 0 Å². The van der Waals surface area contributed by atoms with Crippen LogP contribution in [0.25, 0.3) is 11.4 Å². The monoisotopic (exact) mass is 353 g/mol. The van der Waals surface area contributed by atoms with Gasteiger partial charge < -0.3 is 19.8 Å². The maximum atomic E-state index is 13.9. The van der Waals surface area contributed by atoms with Crippen LogP contribution < -0.4 is 5.32 Å². The number of fused-ring (bicyclic) bond motifs is 3. The summed E-state index contributed by atoms with van der Waals surface area (Å²) < 4.78 is 16.0. The van der Waals surface area contributed by atoms with Crippen LogP contribution in [0.1, 0.15) is 21.7 Å². The fourth-order valence-corrected chi connectivity index (χ4v) is 3.38. The average molecular weight is 353 g/mol. The number of anilines is 1. The number of amides is 1. The van der Waals surface area contributed by atoms with Gasteiger partial charge in [-0.15, -0.1) is 0 Å². The molecule has 1 aliphatic heterocycles. The molecule has 1 aromatic carbocycles. The third kappa shape index (κ3) is 2.80. The summed E-state index contributed by atoms with van der Waals surface area (Å²) in [7, 11) is 4.02. The molecule has 0 bridgehead atoms. The largest absolute Gasteiger partial charge is 0.364 e. The van der Waals surface area contributed by atoms with Crippen LogP contribution in [-0.4, -0.2) is 39.4 Å². The molecule has 3 aromatic rings. The number of benzene rings is 1. The molecule has 1 aliphatic rings. The van der Waals surface area contributed by atoms with Crippen molar-refractivity contribution in [2.75, 3.05) is 19.4 Å². The molecule has 2 aromatic heterocycles. The molecule has 0 saturated carbocycles. The molecule has 0 atom stereocenters. The molecule has 0 saturated heterocycles. The Morgan fingerprint density at radius 3 is 2.96 bits per heavy atom. The van der Waals surface area contributed by atoms with Crippen molar-refractivity contribution in [3.05, 3.63) is 59.4 Å². The Labute approximate surface area is 150 Å². The Morgan fingerprint density at radius 2 is 2.19 bits per heavy atom. The molecule has 0 aliphatic carbocycles. The maximum absolute atomic E-state index is 13.9. The van der Waals surface area contributed by atoms with Crippen molar-refractivity contribution in [1.29, 1.82) is 0 Å². The maximum Gasteiger partial charge on any atom is 0.258 e. The van der Waals surface area contributed by atoms with Gasteiger partial charge in [-0.05, 0) is 26.2 Å². The highest BCUT2D eigenvalue weighted by Gasteiger charge is 2.27. The number of hydrogen-bond acceptors (Lipinski definition) is 3. The van der Waals surface area contributed by atoms with Crippen LogP contribution in [-0.2, 0) is 19.5 Å². The highest BCUT2D eigenvalue weighted by Crippen LogP contribution is 2.33. The standard InChI is InChI=1S/C19H20FN5O/c1-24(2)11-12-9-22-18-17-13(10-21-16(17)7-8-25(12)18)19(26)23-15-6-4-3-5-14(15)20/h3-6,9-10,21H,7-8,11H2,1-2H3,(H,23,26). The van der Waals surface area contributed by atoms with E-state index in [1.54, 1.807) is 24.4 Å². The zero-order valence-corrected chi connectivity index (χ0v) is 14.7. The molecule has 0 unspecified atom stereocenters. The van der Waals surface area contributed by atoms with Crippen LogP contribution in [0.4, 0.5) is 10.1 Å². The lowest BCUT2D eigenvalue weighted by Crippen LogP contribution is -2.19. The van der Waals surface area contributed by atoms with Gasteiger partial charge >= 0.3 is 0 Å². The van der Waals surface area contributed by atoms with Crippen molar-refractivity contribution in [1.82, 2.24) is 19.4 Å². The van der Waals surface area contributed by atoms with E-state index >= 15 is 0 Å². The number of aromatic amines is 1. The van der Waals surface area contributed by atoms with Crippen molar-refractivity contribution in [3.8, 4) is 11.4 Å². The fourth-order valence-electron chi connectivity index (χ4n) is 3.38. The van der Waals surface area contributed by atoms with E-state index in [9.17, 15) is 9.18 Å². The van der Waals surface area contributed by atoms with Gasteiger partial charge in [-0.1, -0.05) is 12.1 Å². The lowest BCUT2D eigenvalue weighted by atomic mass is 10.0. The van der Waals surface area contributed by atoms with E-state index in [4.69, 9.17) is 0 Å². The summed E-state index contributed by atoms with van der Waals surface area (Å²) in [6.07, 6.45) is 4.33. The lowest BCUT2D eigenvalue weighted by Gasteiger charge is -2.19. The fraction of sp³-hybridized carbons (Fsp3) is 0.263. The number of aryl methyl sites for hydroxylation is 1. The molecule has 7 heteroatoms. The molecule has 1 amide bonds. The van der Waals surface area contributed by atoms with E-state index in [1.165, 1.54) is 6.07 Å². The molecular formula is C19H20FN5O. The molecule has 0 radical (unpaired) electrons. The number of hydrogen-bond donors (Lipinski definition) is 2. The van der Waals surface area contributed by atoms with Crippen LogP contribution >= 0.6 is 0 Å². The summed E-state index contributed by atoms with van der Waals surface area (Å²) in [4.78, 5) is 22.6. The average Bonchev–Trinajstić information content (AvgIpc) is 3.20. The predicted molar refractivity (Wildman–Crippen MR) is 97.5 cm³/mol. The smallest absolute Gasteiger partial charge is 0.258 e. The van der Waals surface area contributed by atoms with E-state index < -0.39 is 5.82 Å². The Hall–Kier alpha value is -2.93. The number of para-hydroxylation sites is 1. The first-order valence-electron chi connectivity index (χ1n) is 8.50. The summed E-state index contributed by atoms with van der Waals surface area (Å²) in [5, 5.41) is 2.65. The molecular weight excluding hydrogens is 333 g/mol. The van der Waals surface area contributed by atoms with Crippen molar-refractivity contribution < 1.29 is 9.18 Å². The lowest BCUT2D eigenvalue weighted by molar-refractivity contribution is 0.102. The number of imidazole rings is 1. The van der Waals surface area contributed by atoms with Gasteiger partial charge in [0.05, 0.1) is 28.7 Å². The van der Waals surface area contributed by atoms with Crippen molar-refractivity contribution in [3.63, 3.8) is 0 Å². The van der Waals surface area contributed by atoms with E-state index in [0.29, 0.717) is 5.56 Å². The number of nitrogens with one attached hydrogen (secondary N) is 2. The highest BCUT2D eigenvalue weighted by molar-refractivity contribution is 6.08. The second kappa shape index (κ2) is 6.42. The third-order valence-electron chi connectivity index (χ3n) is 4.55. The minimum Gasteiger partial charge on any atom is -0.364 e. The minimum atomic E-state index is -0.458. The zero-order valence-electron chi connectivity index (χ0n) is 14.7. The number of H-pyrrole nitrogens is 1. The van der Waals surface area contributed by atoms with E-state index in [1.807, 2.05) is 20.3 Å². The highest BCUT2D eigenvalue weighted by atomic mass is 19.1. The topological polar surface area (TPSA) is 66.0 Å². The first-order chi connectivity index (χ1) is 12.5. The minimum absolute atomic E-state index is 0.167. The van der Waals surface area contributed by atoms with Crippen molar-refractivity contribution >= 4 is 11.6 Å². The van der Waals surface area contributed by atoms with E-state index in [0.717, 1.165) is 42.3 Å². The van der Waals surface area contributed by atoms with Gasteiger partial charge in [-0.25, -0.2) is 9.37 Å². The molecule has 3 heterocycles. The van der Waals surface area contributed by atoms with Gasteiger partial charge in [-0.2, -0.15) is 0 Å². The van der Waals surface area contributed by atoms with Gasteiger partial charge in [-0.3, -0.25) is 4.79 Å². The summed E-state index contributed by atoms with van der Waals surface area (Å²) >= 11 is 0. The Kier molecular flexibility index (Phi) is 4.08. The quantitative estimate of drug-likeness (QED) is 0.758. The molecule has 0 fully saturated rings. The van der Waals surface area contributed by atoms with Crippen molar-refractivity contribution in [2.24, 2.45) is 0 Å². The third-order valence-corrected chi connectivity index (χ3v) is 4.55. The second-order valence-electron chi connectivity index (χ2n) is 6.70. The van der Waals surface area contributed by atoms with Gasteiger partial charge in [0.1, 0.15) is 11.6 Å². The Balaban J connectivity index is 1.69. The summed E-state index contributed by atoms with van der Waals surface area (Å²) in [6.45, 7) is 1.60. The van der Waals surface area contributed by atoms with Gasteiger partial charge in [0.2, 0.25) is 0 Å². The summed E-state index contributed by atoms with van der Waals surface area (Å²) in [6, 6.07) is 6.14. The zero-order chi connectivity index (χ0) is 18.3. The number of rotatable bonds is 4. The molecule has 26 heavy (non-hydrogen) atoms. The predicted octanol–water partition coefficient (Wildman–Crippen LogP) is 2.89. The number of carbonyl (C=O) groups is 1. The summed E-state index contributed by atoms with van der Waals surface area (Å²) in [5.41, 5.74) is 3.54. The van der Waals surface area contributed by atoms with Crippen LogP contribution in [0.5, 0.6) is 0 Å². The molecule has 6 nitrogen and oxygen atoms in total. The number of halogens is 1. The van der Waals surface area contributed by atoms with Crippen molar-refractivity contribution in [2.45, 2.75) is 19.5 Å². The van der Waals surface area contributed by atoms with Gasteiger partial charge in [0, 0.05) is 31.4 Å². The molecule has 134 valence electrons. The van der Waals surface area contributed by atoms with Crippen LogP contribution in [0, 0.1) is 5.82 Å². The van der Waals surface area contributed by atoms with E-state index in [2.05, 4.69) is 24.8 Å². The van der Waals surface area contributed by atoms with Gasteiger partial charge in [0.25, 0.3) is 5.91 Å². The molecule has 0 spiro atoms. The summed E-state index contributed by atoms with van der Waals surface area (Å²) in [5.74, 6) is -0.0266. The first kappa shape index (κ1) is 16.5. The molecule has 4 rings (SSSR count). The second-order valence-corrected chi connectivity index (χ2v) is 6.70. The number of nitrogens with zero attached hydrogens (tertiary/aromatic N) is 3. The number of aromatic nitrogens is 3. The molecule has 2 N–H and O–H groups in total. The van der Waals surface area contributed by atoms with Gasteiger partial charge in [0.15, 0.2) is 0 Å². The first-order valence-corrected chi connectivity index (χ1v) is 8.50. The van der Waals surface area contributed by atoms with Crippen LogP contribution in [0.3, 0.4) is 0 Å². The van der Waals surface area contributed by atoms with Crippen LogP contribution in [0.15, 0.2) is 36.7 Å². The SMILES string of the molecule is CN(C)Cc1cnc2n1CCc1[nH]cc(C(=O)Nc3ccccc3F)c1-2. The van der Waals surface area contributed by atoms with E-state index in [-0.39, 0.29) is 11.6 Å². The normalized spacial score (nSPS) is 12.8. The Bertz CT molecular complexity index is 972. The number of carbonyl (C=O) groups excluding carboxylic acids is 1.